The van der Waals surface area contributed by atoms with E-state index >= 15 is 0 Å². The second-order valence-corrected chi connectivity index (χ2v) is 7.34. The third-order valence-corrected chi connectivity index (χ3v) is 4.58. The van der Waals surface area contributed by atoms with Gasteiger partial charge in [0.15, 0.2) is 9.84 Å². The van der Waals surface area contributed by atoms with Crippen molar-refractivity contribution < 1.29 is 17.9 Å². The van der Waals surface area contributed by atoms with Crippen LogP contribution >= 0.6 is 0 Å². The Kier molecular flexibility index (Phi) is 5.56. The molecule has 0 bridgehead atoms. The fraction of sp³-hybridized carbons (Fsp3) is 0.294. The lowest BCUT2D eigenvalue weighted by molar-refractivity contribution is 0.0935. The summed E-state index contributed by atoms with van der Waals surface area (Å²) in [4.78, 5) is 16.7. The van der Waals surface area contributed by atoms with E-state index in [0.717, 1.165) is 11.8 Å². The van der Waals surface area contributed by atoms with Gasteiger partial charge in [-0.15, -0.1) is 0 Å². The molecule has 0 fully saturated rings. The number of rotatable bonds is 6. The molecule has 7 heteroatoms. The maximum atomic E-state index is 12.4. The van der Waals surface area contributed by atoms with Crippen LogP contribution in [0, 0.1) is 0 Å². The normalized spacial score (nSPS) is 12.5. The van der Waals surface area contributed by atoms with E-state index in [1.54, 1.807) is 30.5 Å². The number of ether oxygens (including phenoxy) is 1. The minimum absolute atomic E-state index is 0.246. The van der Waals surface area contributed by atoms with Crippen molar-refractivity contribution in [3.8, 4) is 5.88 Å². The Bertz CT molecular complexity index is 817. The van der Waals surface area contributed by atoms with Gasteiger partial charge in [-0.3, -0.25) is 4.79 Å². The molecule has 1 heterocycles. The molecule has 0 aliphatic rings. The van der Waals surface area contributed by atoms with E-state index in [1.807, 2.05) is 13.8 Å². The van der Waals surface area contributed by atoms with Crippen molar-refractivity contribution in [2.24, 2.45) is 0 Å². The van der Waals surface area contributed by atoms with E-state index in [1.165, 1.54) is 12.1 Å². The predicted molar refractivity (Wildman–Crippen MR) is 90.8 cm³/mol. The Morgan fingerprint density at radius 1 is 1.25 bits per heavy atom. The number of benzene rings is 1. The number of pyridine rings is 1. The van der Waals surface area contributed by atoms with Gasteiger partial charge in [0.1, 0.15) is 5.56 Å². The van der Waals surface area contributed by atoms with Gasteiger partial charge in [-0.05, 0) is 43.7 Å². The lowest BCUT2D eigenvalue weighted by Crippen LogP contribution is -2.27. The number of nitrogens with one attached hydrogen (secondary N) is 1. The number of carbonyl (C=O) groups excluding carboxylic acids is 1. The summed E-state index contributed by atoms with van der Waals surface area (Å²) in [5.41, 5.74) is 1.16. The highest BCUT2D eigenvalue weighted by molar-refractivity contribution is 7.90. The van der Waals surface area contributed by atoms with Gasteiger partial charge in [-0.1, -0.05) is 12.1 Å². The lowest BCUT2D eigenvalue weighted by atomic mass is 10.1. The van der Waals surface area contributed by atoms with Crippen LogP contribution in [0.2, 0.25) is 0 Å². The highest BCUT2D eigenvalue weighted by Gasteiger charge is 2.17. The molecule has 2 aromatic rings. The van der Waals surface area contributed by atoms with Gasteiger partial charge in [-0.2, -0.15) is 0 Å². The molecule has 24 heavy (non-hydrogen) atoms. The quantitative estimate of drug-likeness (QED) is 0.866. The Hall–Kier alpha value is -2.41. The average molecular weight is 348 g/mol. The van der Waals surface area contributed by atoms with Crippen LogP contribution in [0.4, 0.5) is 0 Å². The average Bonchev–Trinajstić information content (AvgIpc) is 2.55. The van der Waals surface area contributed by atoms with Gasteiger partial charge in [-0.25, -0.2) is 13.4 Å². The number of nitrogens with zero attached hydrogens (tertiary/aromatic N) is 1. The molecule has 0 aliphatic heterocycles. The fourth-order valence-corrected chi connectivity index (χ4v) is 2.81. The molecule has 1 amide bonds. The molecule has 2 rings (SSSR count). The number of aromatic nitrogens is 1. The fourth-order valence-electron chi connectivity index (χ4n) is 2.18. The summed E-state index contributed by atoms with van der Waals surface area (Å²) in [6, 6.07) is 9.46. The molecule has 0 saturated carbocycles. The maximum absolute atomic E-state index is 12.4. The largest absolute Gasteiger partial charge is 0.477 e. The van der Waals surface area contributed by atoms with E-state index in [0.29, 0.717) is 12.2 Å². The van der Waals surface area contributed by atoms with E-state index in [4.69, 9.17) is 4.74 Å². The van der Waals surface area contributed by atoms with Crippen molar-refractivity contribution in [1.29, 1.82) is 0 Å². The number of hydrogen-bond acceptors (Lipinski definition) is 5. The molecular formula is C17H20N2O4S. The molecule has 1 N–H and O–H groups in total. The summed E-state index contributed by atoms with van der Waals surface area (Å²) in [6.45, 7) is 4.06. The highest BCUT2D eigenvalue weighted by atomic mass is 32.2. The van der Waals surface area contributed by atoms with Crippen LogP contribution in [-0.4, -0.2) is 32.2 Å². The van der Waals surface area contributed by atoms with Crippen LogP contribution in [-0.2, 0) is 9.84 Å². The summed E-state index contributed by atoms with van der Waals surface area (Å²) in [6.07, 6.45) is 2.72. The highest BCUT2D eigenvalue weighted by Crippen LogP contribution is 2.19. The molecule has 0 spiro atoms. The summed E-state index contributed by atoms with van der Waals surface area (Å²) in [7, 11) is -3.24. The van der Waals surface area contributed by atoms with Gasteiger partial charge >= 0.3 is 0 Å². The smallest absolute Gasteiger partial charge is 0.257 e. The molecule has 1 atom stereocenters. The van der Waals surface area contributed by atoms with Crippen molar-refractivity contribution in [3.63, 3.8) is 0 Å². The minimum Gasteiger partial charge on any atom is -0.477 e. The van der Waals surface area contributed by atoms with Crippen molar-refractivity contribution >= 4 is 15.7 Å². The Labute approximate surface area is 141 Å². The first-order valence-corrected chi connectivity index (χ1v) is 9.40. The van der Waals surface area contributed by atoms with Gasteiger partial charge in [0.2, 0.25) is 5.88 Å². The Balaban J connectivity index is 2.14. The zero-order valence-corrected chi connectivity index (χ0v) is 14.6. The Morgan fingerprint density at radius 2 is 1.92 bits per heavy atom. The first-order valence-electron chi connectivity index (χ1n) is 7.51. The molecule has 0 saturated heterocycles. The SMILES string of the molecule is CCOc1ncccc1C(=O)N[C@@H](C)c1ccc(S(C)(=O)=O)cc1. The van der Waals surface area contributed by atoms with E-state index in [9.17, 15) is 13.2 Å². The number of sulfone groups is 1. The molecule has 0 radical (unpaired) electrons. The van der Waals surface area contributed by atoms with Crippen LogP contribution in [0.15, 0.2) is 47.5 Å². The van der Waals surface area contributed by atoms with Gasteiger partial charge < -0.3 is 10.1 Å². The summed E-state index contributed by atoms with van der Waals surface area (Å²) >= 11 is 0. The van der Waals surface area contributed by atoms with Crippen molar-refractivity contribution in [1.82, 2.24) is 10.3 Å². The molecular weight excluding hydrogens is 328 g/mol. The van der Waals surface area contributed by atoms with Crippen LogP contribution < -0.4 is 10.1 Å². The molecule has 6 nitrogen and oxygen atoms in total. The van der Waals surface area contributed by atoms with Crippen molar-refractivity contribution in [2.45, 2.75) is 24.8 Å². The number of carbonyl (C=O) groups is 1. The van der Waals surface area contributed by atoms with E-state index in [-0.39, 0.29) is 22.7 Å². The summed E-state index contributed by atoms with van der Waals surface area (Å²) in [5.74, 6) is -0.0108. The Morgan fingerprint density at radius 3 is 2.50 bits per heavy atom. The van der Waals surface area contributed by atoms with Gasteiger partial charge in [0.25, 0.3) is 5.91 Å². The second-order valence-electron chi connectivity index (χ2n) is 5.33. The molecule has 0 aliphatic carbocycles. The van der Waals surface area contributed by atoms with Crippen LogP contribution in [0.1, 0.15) is 35.8 Å². The molecule has 1 aromatic carbocycles. The topological polar surface area (TPSA) is 85.4 Å². The second kappa shape index (κ2) is 7.44. The summed E-state index contributed by atoms with van der Waals surface area (Å²) < 4.78 is 28.3. The van der Waals surface area contributed by atoms with Gasteiger partial charge in [0.05, 0.1) is 17.5 Å². The lowest BCUT2D eigenvalue weighted by Gasteiger charge is -2.16. The zero-order valence-electron chi connectivity index (χ0n) is 13.8. The van der Waals surface area contributed by atoms with Crippen molar-refractivity contribution in [3.05, 3.63) is 53.7 Å². The standard InChI is InChI=1S/C17H20N2O4S/c1-4-23-17-15(6-5-11-18-17)16(20)19-12(2)13-7-9-14(10-8-13)24(3,21)22/h5-12H,4H2,1-3H3,(H,19,20)/t12-/m0/s1. The third kappa shape index (κ3) is 4.32. The monoisotopic (exact) mass is 348 g/mol. The maximum Gasteiger partial charge on any atom is 0.257 e. The number of hydrogen-bond donors (Lipinski definition) is 1. The van der Waals surface area contributed by atoms with E-state index < -0.39 is 9.84 Å². The molecule has 1 aromatic heterocycles. The van der Waals surface area contributed by atoms with Crippen LogP contribution in [0.25, 0.3) is 0 Å². The molecule has 128 valence electrons. The van der Waals surface area contributed by atoms with Crippen LogP contribution in [0.3, 0.4) is 0 Å². The summed E-state index contributed by atoms with van der Waals surface area (Å²) in [5, 5.41) is 2.86. The first kappa shape index (κ1) is 17.9. The van der Waals surface area contributed by atoms with E-state index in [2.05, 4.69) is 10.3 Å². The first-order chi connectivity index (χ1) is 11.3. The van der Waals surface area contributed by atoms with Crippen molar-refractivity contribution in [2.75, 3.05) is 12.9 Å². The number of amides is 1. The third-order valence-electron chi connectivity index (χ3n) is 3.45. The van der Waals surface area contributed by atoms with Gasteiger partial charge in [0, 0.05) is 12.5 Å². The molecule has 0 unspecified atom stereocenters. The predicted octanol–water partition coefficient (Wildman–Crippen LogP) is 2.37. The van der Waals surface area contributed by atoms with Crippen LogP contribution in [0.5, 0.6) is 5.88 Å². The zero-order chi connectivity index (χ0) is 17.7. The minimum atomic E-state index is -3.24.